The predicted octanol–water partition coefficient (Wildman–Crippen LogP) is 3.17. The first-order valence-corrected chi connectivity index (χ1v) is 6.60. The lowest BCUT2D eigenvalue weighted by molar-refractivity contribution is 0.822. The van der Waals surface area contributed by atoms with Crippen molar-refractivity contribution in [2.24, 2.45) is 0 Å². The monoisotopic (exact) mass is 253 g/mol. The number of fused-ring (bicyclic) bond motifs is 1. The van der Waals surface area contributed by atoms with Crippen molar-refractivity contribution in [2.75, 3.05) is 35.7 Å². The highest BCUT2D eigenvalue weighted by Gasteiger charge is 2.22. The van der Waals surface area contributed by atoms with Crippen molar-refractivity contribution in [1.29, 1.82) is 0 Å². The van der Waals surface area contributed by atoms with E-state index in [4.69, 9.17) is 5.73 Å². The van der Waals surface area contributed by atoms with Crippen LogP contribution in [0.4, 0.5) is 22.7 Å². The number of para-hydroxylation sites is 2. The van der Waals surface area contributed by atoms with Gasteiger partial charge in [0, 0.05) is 20.1 Å². The topological polar surface area (TPSA) is 32.5 Å². The number of hydrogen-bond donors (Lipinski definition) is 1. The maximum atomic E-state index is 6.19. The van der Waals surface area contributed by atoms with E-state index in [0.29, 0.717) is 0 Å². The number of nitrogen functional groups attached to an aromatic ring is 1. The van der Waals surface area contributed by atoms with Gasteiger partial charge in [-0.3, -0.25) is 0 Å². The molecule has 0 unspecified atom stereocenters. The van der Waals surface area contributed by atoms with Crippen LogP contribution in [0.15, 0.2) is 42.5 Å². The molecule has 0 spiro atoms. The molecule has 0 atom stereocenters. The molecular formula is C16H19N3. The molecule has 1 heterocycles. The van der Waals surface area contributed by atoms with E-state index in [1.807, 2.05) is 6.07 Å². The number of hydrogen-bond acceptors (Lipinski definition) is 3. The van der Waals surface area contributed by atoms with Crippen molar-refractivity contribution in [3.63, 3.8) is 0 Å². The van der Waals surface area contributed by atoms with Gasteiger partial charge in [0.2, 0.25) is 0 Å². The first-order valence-electron chi connectivity index (χ1n) is 6.60. The van der Waals surface area contributed by atoms with E-state index >= 15 is 0 Å². The number of aryl methyl sites for hydroxylation is 1. The molecule has 0 amide bonds. The maximum absolute atomic E-state index is 6.19. The van der Waals surface area contributed by atoms with E-state index in [1.165, 1.54) is 16.9 Å². The summed E-state index contributed by atoms with van der Waals surface area (Å²) in [5, 5.41) is 0. The van der Waals surface area contributed by atoms with Gasteiger partial charge in [0.05, 0.1) is 22.7 Å². The Labute approximate surface area is 114 Å². The van der Waals surface area contributed by atoms with Gasteiger partial charge in [-0.15, -0.1) is 0 Å². The maximum Gasteiger partial charge on any atom is 0.0649 e. The standard InChI is InChI=1S/C16H19N3/c1-12-7-8-14(13(17)11-12)19-10-9-18(2)15-5-3-4-6-16(15)19/h3-8,11H,9-10,17H2,1-2H3. The summed E-state index contributed by atoms with van der Waals surface area (Å²) < 4.78 is 0. The summed E-state index contributed by atoms with van der Waals surface area (Å²) in [6, 6.07) is 14.7. The molecule has 2 aromatic rings. The highest BCUT2D eigenvalue weighted by atomic mass is 15.3. The Bertz CT molecular complexity index is 607. The number of rotatable bonds is 1. The highest BCUT2D eigenvalue weighted by molar-refractivity contribution is 5.83. The minimum atomic E-state index is 0.847. The van der Waals surface area contributed by atoms with Crippen LogP contribution in [0.25, 0.3) is 0 Å². The van der Waals surface area contributed by atoms with E-state index in [1.54, 1.807) is 0 Å². The van der Waals surface area contributed by atoms with Crippen LogP contribution in [0.1, 0.15) is 5.56 Å². The van der Waals surface area contributed by atoms with Crippen molar-refractivity contribution in [3.05, 3.63) is 48.0 Å². The summed E-state index contributed by atoms with van der Waals surface area (Å²) in [5.74, 6) is 0. The van der Waals surface area contributed by atoms with E-state index in [9.17, 15) is 0 Å². The Kier molecular flexibility index (Phi) is 2.82. The van der Waals surface area contributed by atoms with Gasteiger partial charge in [-0.2, -0.15) is 0 Å². The Morgan fingerprint density at radius 3 is 2.42 bits per heavy atom. The number of nitrogens with two attached hydrogens (primary N) is 1. The lowest BCUT2D eigenvalue weighted by Crippen LogP contribution is -2.36. The first-order chi connectivity index (χ1) is 9.16. The minimum absolute atomic E-state index is 0.847. The predicted molar refractivity (Wildman–Crippen MR) is 82.3 cm³/mol. The average Bonchev–Trinajstić information content (AvgIpc) is 2.41. The summed E-state index contributed by atoms with van der Waals surface area (Å²) in [6.45, 7) is 4.03. The zero-order valence-electron chi connectivity index (χ0n) is 11.4. The number of likely N-dealkylation sites (N-methyl/N-ethyl adjacent to an activating group) is 1. The van der Waals surface area contributed by atoms with Crippen LogP contribution in [-0.4, -0.2) is 20.1 Å². The molecule has 0 radical (unpaired) electrons. The van der Waals surface area contributed by atoms with Crippen LogP contribution in [0.3, 0.4) is 0 Å². The molecule has 2 N–H and O–H groups in total. The van der Waals surface area contributed by atoms with E-state index in [-0.39, 0.29) is 0 Å². The zero-order valence-corrected chi connectivity index (χ0v) is 11.4. The Balaban J connectivity index is 2.09. The molecule has 0 aliphatic carbocycles. The lowest BCUT2D eigenvalue weighted by atomic mass is 10.1. The van der Waals surface area contributed by atoms with Gasteiger partial charge in [-0.25, -0.2) is 0 Å². The zero-order chi connectivity index (χ0) is 13.4. The highest BCUT2D eigenvalue weighted by Crippen LogP contribution is 2.39. The first kappa shape index (κ1) is 11.9. The van der Waals surface area contributed by atoms with Crippen molar-refractivity contribution in [3.8, 4) is 0 Å². The molecule has 0 saturated carbocycles. The van der Waals surface area contributed by atoms with Crippen molar-refractivity contribution in [2.45, 2.75) is 6.92 Å². The van der Waals surface area contributed by atoms with Crippen molar-refractivity contribution < 1.29 is 0 Å². The Hall–Kier alpha value is -2.16. The number of anilines is 4. The van der Waals surface area contributed by atoms with Gasteiger partial charge in [0.25, 0.3) is 0 Å². The molecule has 19 heavy (non-hydrogen) atoms. The SMILES string of the molecule is Cc1ccc(N2CCN(C)c3ccccc32)c(N)c1. The summed E-state index contributed by atoms with van der Waals surface area (Å²) in [7, 11) is 2.13. The Morgan fingerprint density at radius 2 is 1.68 bits per heavy atom. The second-order valence-corrected chi connectivity index (χ2v) is 5.12. The fourth-order valence-corrected chi connectivity index (χ4v) is 2.68. The number of nitrogens with zero attached hydrogens (tertiary/aromatic N) is 2. The molecule has 0 fully saturated rings. The molecule has 0 aromatic heterocycles. The molecule has 2 aromatic carbocycles. The molecule has 1 aliphatic heterocycles. The molecule has 3 nitrogen and oxygen atoms in total. The smallest absolute Gasteiger partial charge is 0.0649 e. The van der Waals surface area contributed by atoms with Gasteiger partial charge in [-0.1, -0.05) is 18.2 Å². The van der Waals surface area contributed by atoms with Crippen LogP contribution in [-0.2, 0) is 0 Å². The van der Waals surface area contributed by atoms with Gasteiger partial charge in [0.1, 0.15) is 0 Å². The van der Waals surface area contributed by atoms with E-state index < -0.39 is 0 Å². The minimum Gasteiger partial charge on any atom is -0.397 e. The molecular weight excluding hydrogens is 234 g/mol. The Morgan fingerprint density at radius 1 is 0.947 bits per heavy atom. The molecule has 0 bridgehead atoms. The second kappa shape index (κ2) is 4.50. The molecule has 1 aliphatic rings. The van der Waals surface area contributed by atoms with Crippen LogP contribution in [0.5, 0.6) is 0 Å². The van der Waals surface area contributed by atoms with Gasteiger partial charge in [-0.05, 0) is 36.8 Å². The second-order valence-electron chi connectivity index (χ2n) is 5.12. The normalized spacial score (nSPS) is 14.4. The van der Waals surface area contributed by atoms with Gasteiger partial charge < -0.3 is 15.5 Å². The summed E-state index contributed by atoms with van der Waals surface area (Å²) in [5.41, 5.74) is 11.8. The third-order valence-electron chi connectivity index (χ3n) is 3.72. The molecule has 3 heteroatoms. The summed E-state index contributed by atoms with van der Waals surface area (Å²) in [4.78, 5) is 4.60. The van der Waals surface area contributed by atoms with Crippen LogP contribution < -0.4 is 15.5 Å². The van der Waals surface area contributed by atoms with E-state index in [0.717, 1.165) is 24.5 Å². The fourth-order valence-electron chi connectivity index (χ4n) is 2.68. The summed E-state index contributed by atoms with van der Waals surface area (Å²) >= 11 is 0. The van der Waals surface area contributed by atoms with Gasteiger partial charge >= 0.3 is 0 Å². The molecule has 98 valence electrons. The average molecular weight is 253 g/mol. The van der Waals surface area contributed by atoms with Crippen LogP contribution in [0.2, 0.25) is 0 Å². The van der Waals surface area contributed by atoms with Crippen LogP contribution in [0, 0.1) is 6.92 Å². The van der Waals surface area contributed by atoms with E-state index in [2.05, 4.69) is 60.2 Å². The third kappa shape index (κ3) is 2.01. The fraction of sp³-hybridized carbons (Fsp3) is 0.250. The third-order valence-corrected chi connectivity index (χ3v) is 3.72. The quantitative estimate of drug-likeness (QED) is 0.792. The van der Waals surface area contributed by atoms with Crippen molar-refractivity contribution in [1.82, 2.24) is 0 Å². The number of benzene rings is 2. The summed E-state index contributed by atoms with van der Waals surface area (Å²) in [6.07, 6.45) is 0. The molecule has 3 rings (SSSR count). The molecule has 0 saturated heterocycles. The van der Waals surface area contributed by atoms with Gasteiger partial charge in [0.15, 0.2) is 0 Å². The largest absolute Gasteiger partial charge is 0.397 e. The van der Waals surface area contributed by atoms with Crippen molar-refractivity contribution >= 4 is 22.7 Å². The lowest BCUT2D eigenvalue weighted by Gasteiger charge is -2.37. The van der Waals surface area contributed by atoms with Crippen LogP contribution >= 0.6 is 0 Å².